The van der Waals surface area contributed by atoms with Crippen LogP contribution in [0.5, 0.6) is 0 Å². The number of amides is 1. The number of carbonyl (C=O) groups excluding carboxylic acids is 1. The van der Waals surface area contributed by atoms with Crippen LogP contribution in [0.1, 0.15) is 33.6 Å². The highest BCUT2D eigenvalue weighted by Gasteiger charge is 2.22. The fourth-order valence-corrected chi connectivity index (χ4v) is 1.62. The summed E-state index contributed by atoms with van der Waals surface area (Å²) in [6.45, 7) is 6.65. The van der Waals surface area contributed by atoms with E-state index in [1.807, 2.05) is 20.8 Å². The van der Waals surface area contributed by atoms with E-state index in [0.29, 0.717) is 0 Å². The lowest BCUT2D eigenvalue weighted by Crippen LogP contribution is -2.40. The molecule has 3 nitrogen and oxygen atoms in total. The van der Waals surface area contributed by atoms with Gasteiger partial charge in [0.2, 0.25) is 5.91 Å². The molecule has 1 amide bonds. The van der Waals surface area contributed by atoms with Gasteiger partial charge >= 0.3 is 0 Å². The zero-order valence-electron chi connectivity index (χ0n) is 9.17. The molecule has 0 bridgehead atoms. The molecule has 1 heterocycles. The molecule has 0 aromatic carbocycles. The van der Waals surface area contributed by atoms with Crippen molar-refractivity contribution in [1.29, 1.82) is 0 Å². The quantitative estimate of drug-likeness (QED) is 0.698. The molecule has 0 saturated carbocycles. The first-order valence-electron chi connectivity index (χ1n) is 5.16. The number of hydrogen-bond donors (Lipinski definition) is 1. The summed E-state index contributed by atoms with van der Waals surface area (Å²) in [5.41, 5.74) is 1.02. The van der Waals surface area contributed by atoms with Crippen LogP contribution in [0.3, 0.4) is 0 Å². The second kappa shape index (κ2) is 5.15. The summed E-state index contributed by atoms with van der Waals surface area (Å²) in [5, 5.41) is 2.91. The summed E-state index contributed by atoms with van der Waals surface area (Å²) in [4.78, 5) is 11.4. The Labute approximate surface area is 85.5 Å². The summed E-state index contributed by atoms with van der Waals surface area (Å²) < 4.78 is 5.49. The van der Waals surface area contributed by atoms with Crippen LogP contribution in [-0.2, 0) is 9.53 Å². The van der Waals surface area contributed by atoms with E-state index in [4.69, 9.17) is 4.74 Å². The van der Waals surface area contributed by atoms with Crippen LogP contribution in [0.15, 0.2) is 11.6 Å². The Morgan fingerprint density at radius 3 is 2.79 bits per heavy atom. The van der Waals surface area contributed by atoms with Gasteiger partial charge in [0, 0.05) is 12.7 Å². The fraction of sp³-hybridized carbons (Fsp3) is 0.727. The van der Waals surface area contributed by atoms with Gasteiger partial charge in [0.05, 0.1) is 12.1 Å². The molecule has 0 radical (unpaired) electrons. The predicted octanol–water partition coefficient (Wildman–Crippen LogP) is 1.64. The van der Waals surface area contributed by atoms with E-state index >= 15 is 0 Å². The van der Waals surface area contributed by atoms with Crippen molar-refractivity contribution in [2.75, 3.05) is 6.61 Å². The number of allylic oxidation sites excluding steroid dienone is 1. The van der Waals surface area contributed by atoms with Crippen molar-refractivity contribution in [2.45, 2.75) is 45.8 Å². The maximum Gasteiger partial charge on any atom is 0.244 e. The number of carbonyl (C=O) groups is 1. The second-order valence-corrected chi connectivity index (χ2v) is 4.07. The van der Waals surface area contributed by atoms with Crippen molar-refractivity contribution < 1.29 is 9.53 Å². The van der Waals surface area contributed by atoms with Crippen LogP contribution in [0.25, 0.3) is 0 Å². The summed E-state index contributed by atoms with van der Waals surface area (Å²) in [6.07, 6.45) is 3.97. The first-order valence-corrected chi connectivity index (χ1v) is 5.16. The molecular weight excluding hydrogens is 178 g/mol. The largest absolute Gasteiger partial charge is 0.376 e. The molecule has 0 aromatic heterocycles. The van der Waals surface area contributed by atoms with Crippen LogP contribution < -0.4 is 5.32 Å². The van der Waals surface area contributed by atoms with E-state index in [0.717, 1.165) is 25.0 Å². The highest BCUT2D eigenvalue weighted by Crippen LogP contribution is 2.15. The van der Waals surface area contributed by atoms with Gasteiger partial charge in [0.1, 0.15) is 0 Å². The first-order chi connectivity index (χ1) is 6.59. The normalized spacial score (nSPS) is 22.9. The number of ether oxygens (including phenoxy) is 1. The minimum atomic E-state index is -0.0204. The SMILES string of the molecule is CC(C)=CC(=O)N[C@@H](C)[C@@H]1CCCO1. The lowest BCUT2D eigenvalue weighted by Gasteiger charge is -2.19. The highest BCUT2D eigenvalue weighted by atomic mass is 16.5. The van der Waals surface area contributed by atoms with E-state index in [9.17, 15) is 4.79 Å². The maximum atomic E-state index is 11.4. The standard InChI is InChI=1S/C11H19NO2/c1-8(2)7-11(13)12-9(3)10-5-4-6-14-10/h7,9-10H,4-6H2,1-3H3,(H,12,13)/t9-,10-/m0/s1. The molecule has 1 N–H and O–H groups in total. The monoisotopic (exact) mass is 197 g/mol. The number of nitrogens with one attached hydrogen (secondary N) is 1. The molecule has 2 atom stereocenters. The lowest BCUT2D eigenvalue weighted by atomic mass is 10.1. The minimum Gasteiger partial charge on any atom is -0.376 e. The van der Waals surface area contributed by atoms with Gasteiger partial charge in [-0.25, -0.2) is 0 Å². The van der Waals surface area contributed by atoms with Crippen molar-refractivity contribution >= 4 is 5.91 Å². The Balaban J connectivity index is 2.35. The molecule has 0 aliphatic carbocycles. The van der Waals surface area contributed by atoms with Gasteiger partial charge in [-0.1, -0.05) is 5.57 Å². The van der Waals surface area contributed by atoms with Gasteiger partial charge < -0.3 is 10.1 Å². The number of hydrogen-bond acceptors (Lipinski definition) is 2. The Morgan fingerprint density at radius 1 is 1.57 bits per heavy atom. The van der Waals surface area contributed by atoms with E-state index in [-0.39, 0.29) is 18.1 Å². The topological polar surface area (TPSA) is 38.3 Å². The van der Waals surface area contributed by atoms with E-state index < -0.39 is 0 Å². The van der Waals surface area contributed by atoms with Crippen molar-refractivity contribution in [2.24, 2.45) is 0 Å². The third kappa shape index (κ3) is 3.50. The van der Waals surface area contributed by atoms with Crippen molar-refractivity contribution in [1.82, 2.24) is 5.32 Å². The molecule has 3 heteroatoms. The van der Waals surface area contributed by atoms with Gasteiger partial charge in [-0.05, 0) is 33.6 Å². The average Bonchev–Trinajstić information content (AvgIpc) is 2.53. The predicted molar refractivity (Wildman–Crippen MR) is 56.0 cm³/mol. The van der Waals surface area contributed by atoms with E-state index in [1.165, 1.54) is 0 Å². The molecule has 80 valence electrons. The third-order valence-corrected chi connectivity index (χ3v) is 2.31. The Hall–Kier alpha value is -0.830. The third-order valence-electron chi connectivity index (χ3n) is 2.31. The van der Waals surface area contributed by atoms with Crippen LogP contribution in [0, 0.1) is 0 Å². The highest BCUT2D eigenvalue weighted by molar-refractivity contribution is 5.88. The molecular formula is C11H19NO2. The van der Waals surface area contributed by atoms with Gasteiger partial charge in [-0.3, -0.25) is 4.79 Å². The van der Waals surface area contributed by atoms with Crippen LogP contribution in [0.2, 0.25) is 0 Å². The lowest BCUT2D eigenvalue weighted by molar-refractivity contribution is -0.117. The van der Waals surface area contributed by atoms with Gasteiger partial charge in [-0.2, -0.15) is 0 Å². The molecule has 1 fully saturated rings. The zero-order valence-corrected chi connectivity index (χ0v) is 9.17. The molecule has 0 aromatic rings. The van der Waals surface area contributed by atoms with Gasteiger partial charge in [0.25, 0.3) is 0 Å². The van der Waals surface area contributed by atoms with Crippen LogP contribution in [-0.4, -0.2) is 24.7 Å². The Morgan fingerprint density at radius 2 is 2.29 bits per heavy atom. The first kappa shape index (κ1) is 11.2. The molecule has 1 aliphatic rings. The Kier molecular flexibility index (Phi) is 4.14. The second-order valence-electron chi connectivity index (χ2n) is 4.07. The summed E-state index contributed by atoms with van der Waals surface area (Å²) >= 11 is 0. The minimum absolute atomic E-state index is 0.0204. The summed E-state index contributed by atoms with van der Waals surface area (Å²) in [6, 6.07) is 0.112. The Bertz CT molecular complexity index is 225. The molecule has 1 aliphatic heterocycles. The number of rotatable bonds is 3. The fourth-order valence-electron chi connectivity index (χ4n) is 1.62. The smallest absolute Gasteiger partial charge is 0.244 e. The van der Waals surface area contributed by atoms with Gasteiger partial charge in [0.15, 0.2) is 0 Å². The van der Waals surface area contributed by atoms with E-state index in [1.54, 1.807) is 6.08 Å². The van der Waals surface area contributed by atoms with Gasteiger partial charge in [-0.15, -0.1) is 0 Å². The van der Waals surface area contributed by atoms with Crippen LogP contribution in [0.4, 0.5) is 0 Å². The molecule has 1 rings (SSSR count). The molecule has 14 heavy (non-hydrogen) atoms. The van der Waals surface area contributed by atoms with Crippen LogP contribution >= 0.6 is 0 Å². The van der Waals surface area contributed by atoms with Crippen molar-refractivity contribution in [3.05, 3.63) is 11.6 Å². The van der Waals surface area contributed by atoms with Crippen molar-refractivity contribution in [3.63, 3.8) is 0 Å². The average molecular weight is 197 g/mol. The zero-order chi connectivity index (χ0) is 10.6. The maximum absolute atomic E-state index is 11.4. The summed E-state index contributed by atoms with van der Waals surface area (Å²) in [7, 11) is 0. The molecule has 1 saturated heterocycles. The summed E-state index contributed by atoms with van der Waals surface area (Å²) in [5.74, 6) is -0.0204. The molecule has 0 spiro atoms. The van der Waals surface area contributed by atoms with Crippen molar-refractivity contribution in [3.8, 4) is 0 Å². The molecule has 0 unspecified atom stereocenters. The van der Waals surface area contributed by atoms with E-state index in [2.05, 4.69) is 5.32 Å².